The van der Waals surface area contributed by atoms with Gasteiger partial charge in [0.15, 0.2) is 9.84 Å². The summed E-state index contributed by atoms with van der Waals surface area (Å²) in [4.78, 5) is 0. The van der Waals surface area contributed by atoms with Crippen molar-refractivity contribution in [3.8, 4) is 0 Å². The topological polar surface area (TPSA) is 60.2 Å². The number of halogens is 1. The summed E-state index contributed by atoms with van der Waals surface area (Å²) in [6.07, 6.45) is 0. The summed E-state index contributed by atoms with van der Waals surface area (Å²) in [5.74, 6) is -0.187. The number of rotatable bonds is 5. The molecule has 0 rings (SSSR count). The van der Waals surface area contributed by atoms with E-state index in [0.29, 0.717) is 5.72 Å². The summed E-state index contributed by atoms with van der Waals surface area (Å²) >= 11 is 5.21. The summed E-state index contributed by atoms with van der Waals surface area (Å²) in [6, 6.07) is 0. The third kappa shape index (κ3) is 4.69. The Balaban J connectivity index is 3.74. The summed E-state index contributed by atoms with van der Waals surface area (Å²) < 4.78 is 34.9. The molecule has 0 fully saturated rings. The van der Waals surface area contributed by atoms with E-state index in [1.165, 1.54) is 0 Å². The molecule has 0 aromatic rings. The Kier molecular flexibility index (Phi) is 2.70. The van der Waals surface area contributed by atoms with Gasteiger partial charge in [0.05, 0.1) is 11.5 Å². The highest BCUT2D eigenvalue weighted by atomic mass is 35.5. The lowest BCUT2D eigenvalue weighted by Gasteiger charge is -1.96. The lowest BCUT2D eigenvalue weighted by Crippen LogP contribution is -2.18. The van der Waals surface area contributed by atoms with Crippen molar-refractivity contribution >= 4 is 21.4 Å². The van der Waals surface area contributed by atoms with E-state index >= 15 is 0 Å². The first-order valence-electron chi connectivity index (χ1n) is 3.39. The monoisotopic (exact) mass is 173 g/mol. The fraction of sp³-hybridized carbons (Fsp3) is 1.00. The largest absolute Gasteiger partial charge is 0.329 e. The van der Waals surface area contributed by atoms with Crippen molar-refractivity contribution in [1.29, 1.82) is 0 Å². The van der Waals surface area contributed by atoms with Crippen molar-refractivity contribution in [2.24, 2.45) is 5.72 Å². The normalized spacial score (nSPS) is 15.3. The van der Waals surface area contributed by atoms with E-state index in [1.807, 2.05) is 0 Å². The molecular formula is C4H10ClNO2S. The first kappa shape index (κ1) is 5.95. The number of alkyl halides is 1. The maximum absolute atomic E-state index is 10.9. The summed E-state index contributed by atoms with van der Waals surface area (Å²) in [6.45, 7) is -0.0980. The van der Waals surface area contributed by atoms with Crippen LogP contribution in [0.1, 0.15) is 0 Å². The predicted molar refractivity (Wildman–Crippen MR) is 38.4 cm³/mol. The quantitative estimate of drug-likeness (QED) is 0.576. The van der Waals surface area contributed by atoms with Gasteiger partial charge in [-0.1, -0.05) is 0 Å². The van der Waals surface area contributed by atoms with Crippen molar-refractivity contribution in [2.75, 3.05) is 23.9 Å². The highest BCUT2D eigenvalue weighted by molar-refractivity contribution is 7.91. The Labute approximate surface area is 63.0 Å². The highest BCUT2D eigenvalue weighted by Crippen LogP contribution is 1.89. The molecule has 0 unspecified atom stereocenters. The van der Waals surface area contributed by atoms with Crippen LogP contribution in [0.25, 0.3) is 0 Å². The minimum atomic E-state index is -3.14. The Hall–Kier alpha value is 0.200. The van der Waals surface area contributed by atoms with Gasteiger partial charge in [0.25, 0.3) is 0 Å². The van der Waals surface area contributed by atoms with E-state index in [0.717, 1.165) is 0 Å². The van der Waals surface area contributed by atoms with Crippen LogP contribution in [0.2, 0.25) is 2.82 Å². The molecule has 5 heteroatoms. The van der Waals surface area contributed by atoms with E-state index in [-0.39, 0.29) is 23.9 Å². The Bertz CT molecular complexity index is 194. The fourth-order valence-electron chi connectivity index (χ4n) is 0.359. The van der Waals surface area contributed by atoms with Crippen molar-refractivity contribution in [3.63, 3.8) is 0 Å². The van der Waals surface area contributed by atoms with Crippen LogP contribution in [0.15, 0.2) is 0 Å². The lowest BCUT2D eigenvalue weighted by atomic mass is 10.8. The Morgan fingerprint density at radius 2 is 2.22 bits per heavy atom. The smallest absolute Gasteiger partial charge is 0.152 e. The number of hydrogen-bond donors (Lipinski definition) is 1. The van der Waals surface area contributed by atoms with Crippen molar-refractivity contribution in [2.45, 2.75) is 0 Å². The molecule has 0 aliphatic rings. The first-order valence-corrected chi connectivity index (χ1v) is 4.85. The van der Waals surface area contributed by atoms with Crippen LogP contribution in [-0.2, 0) is 9.84 Å². The number of nitrogens with two attached hydrogens (primary N) is 1. The average molecular weight is 174 g/mol. The molecular weight excluding hydrogens is 162 g/mol. The van der Waals surface area contributed by atoms with Crippen LogP contribution >= 0.6 is 11.6 Å². The molecule has 0 aromatic carbocycles. The van der Waals surface area contributed by atoms with Gasteiger partial charge >= 0.3 is 0 Å². The standard InChI is InChI=1S/C4H10ClNO2S/c5-1-3-9(7,8)4-2-6/h1-4,6H2/i/hD2. The SMILES string of the molecule is [2H]N([2H])CCS(=O)(=O)CCCl. The van der Waals surface area contributed by atoms with Crippen LogP contribution in [-0.4, -0.2) is 32.3 Å². The van der Waals surface area contributed by atoms with Gasteiger partial charge in [-0.3, -0.25) is 0 Å². The molecule has 0 spiro atoms. The second-order valence-corrected chi connectivity index (χ2v) is 4.25. The molecule has 0 radical (unpaired) electrons. The molecule has 2 N–H and O–H groups in total. The second kappa shape index (κ2) is 4.09. The second-order valence-electron chi connectivity index (χ2n) is 1.56. The number of hydrogen-bond acceptors (Lipinski definition) is 3. The molecule has 0 aliphatic carbocycles. The molecule has 0 aliphatic heterocycles. The summed E-state index contributed by atoms with van der Waals surface area (Å²) in [5.41, 5.74) is 0.339. The molecule has 0 amide bonds. The van der Waals surface area contributed by atoms with Crippen molar-refractivity contribution in [1.82, 2.24) is 0 Å². The van der Waals surface area contributed by atoms with Crippen LogP contribution in [0, 0.1) is 0 Å². The molecule has 3 nitrogen and oxygen atoms in total. The molecule has 56 valence electrons. The zero-order valence-corrected chi connectivity index (χ0v) is 6.45. The zero-order valence-electron chi connectivity index (χ0n) is 6.88. The van der Waals surface area contributed by atoms with E-state index in [9.17, 15) is 8.42 Å². The fourth-order valence-corrected chi connectivity index (χ4v) is 1.78. The van der Waals surface area contributed by atoms with E-state index in [1.54, 1.807) is 0 Å². The van der Waals surface area contributed by atoms with Crippen molar-refractivity contribution < 1.29 is 11.2 Å². The van der Waals surface area contributed by atoms with Gasteiger partial charge in [-0.2, -0.15) is 0 Å². The van der Waals surface area contributed by atoms with Crippen LogP contribution in [0.4, 0.5) is 0 Å². The van der Waals surface area contributed by atoms with Gasteiger partial charge < -0.3 is 5.72 Å². The van der Waals surface area contributed by atoms with Crippen LogP contribution < -0.4 is 5.72 Å². The Morgan fingerprint density at radius 1 is 1.56 bits per heavy atom. The average Bonchev–Trinajstić information content (AvgIpc) is 1.84. The van der Waals surface area contributed by atoms with E-state index in [2.05, 4.69) is 0 Å². The molecule has 9 heavy (non-hydrogen) atoms. The predicted octanol–water partition coefficient (Wildman–Crippen LogP) is -0.401. The molecule has 0 aromatic heterocycles. The Morgan fingerprint density at radius 3 is 2.67 bits per heavy atom. The van der Waals surface area contributed by atoms with E-state index in [4.69, 9.17) is 14.4 Å². The van der Waals surface area contributed by atoms with Gasteiger partial charge in [0.1, 0.15) is 2.82 Å². The van der Waals surface area contributed by atoms with Gasteiger partial charge in [-0.05, 0) is 0 Å². The van der Waals surface area contributed by atoms with E-state index < -0.39 is 9.84 Å². The molecule has 0 atom stereocenters. The minimum absolute atomic E-state index is 0.0678. The number of sulfone groups is 1. The zero-order chi connectivity index (χ0) is 8.91. The minimum Gasteiger partial charge on any atom is -0.329 e. The van der Waals surface area contributed by atoms with Gasteiger partial charge in [0, 0.05) is 12.4 Å². The third-order valence-electron chi connectivity index (χ3n) is 0.790. The van der Waals surface area contributed by atoms with Crippen LogP contribution in [0.3, 0.4) is 0 Å². The molecule has 0 heterocycles. The summed E-state index contributed by atoms with van der Waals surface area (Å²) in [5, 5.41) is 0. The van der Waals surface area contributed by atoms with Gasteiger partial charge in [-0.25, -0.2) is 8.42 Å². The van der Waals surface area contributed by atoms with Gasteiger partial charge in [-0.15, -0.1) is 11.6 Å². The summed E-state index contributed by atoms with van der Waals surface area (Å²) in [7, 11) is -3.14. The van der Waals surface area contributed by atoms with Gasteiger partial charge in [0.2, 0.25) is 0 Å². The lowest BCUT2D eigenvalue weighted by molar-refractivity contribution is 0.597. The maximum Gasteiger partial charge on any atom is 0.152 e. The highest BCUT2D eigenvalue weighted by Gasteiger charge is 2.06. The molecule has 0 saturated carbocycles. The third-order valence-corrected chi connectivity index (χ3v) is 2.83. The van der Waals surface area contributed by atoms with Crippen LogP contribution in [0.5, 0.6) is 0 Å². The molecule has 0 bridgehead atoms. The maximum atomic E-state index is 10.9. The van der Waals surface area contributed by atoms with Crippen molar-refractivity contribution in [3.05, 3.63) is 0 Å². The molecule has 0 saturated heterocycles. The first-order chi connectivity index (χ1) is 4.98.